The van der Waals surface area contributed by atoms with Gasteiger partial charge in [-0.15, -0.1) is 0 Å². The van der Waals surface area contributed by atoms with Crippen molar-refractivity contribution in [3.63, 3.8) is 0 Å². The minimum Gasteiger partial charge on any atom is -0.462 e. The van der Waals surface area contributed by atoms with Crippen LogP contribution in [0, 0.1) is 20.8 Å². The van der Waals surface area contributed by atoms with Crippen LogP contribution >= 0.6 is 11.6 Å². The highest BCUT2D eigenvalue weighted by Crippen LogP contribution is 2.32. The molecule has 3 aromatic rings. The van der Waals surface area contributed by atoms with Crippen LogP contribution in [0.1, 0.15) is 46.8 Å². The van der Waals surface area contributed by atoms with E-state index in [9.17, 15) is 4.79 Å². The topological polar surface area (TPSA) is 39.2 Å². The van der Waals surface area contributed by atoms with Crippen LogP contribution in [0.4, 0.5) is 0 Å². The van der Waals surface area contributed by atoms with Gasteiger partial charge in [-0.05, 0) is 56.5 Å². The van der Waals surface area contributed by atoms with E-state index in [4.69, 9.17) is 21.3 Å². The number of aromatic nitrogens is 1. The van der Waals surface area contributed by atoms with Crippen molar-refractivity contribution in [3.8, 4) is 11.3 Å². The van der Waals surface area contributed by atoms with E-state index in [1.807, 2.05) is 51.1 Å². The van der Waals surface area contributed by atoms with E-state index in [2.05, 4.69) is 13.0 Å². The van der Waals surface area contributed by atoms with Gasteiger partial charge < -0.3 is 4.74 Å². The fourth-order valence-electron chi connectivity index (χ4n) is 3.35. The number of ether oxygens (including phenoxy) is 1. The largest absolute Gasteiger partial charge is 0.462 e. The summed E-state index contributed by atoms with van der Waals surface area (Å²) >= 11 is 6.03. The lowest BCUT2D eigenvalue weighted by molar-refractivity contribution is 0.0501. The number of esters is 1. The van der Waals surface area contributed by atoms with E-state index in [0.717, 1.165) is 51.7 Å². The normalized spacial score (nSPS) is 11.0. The number of hydrogen-bond acceptors (Lipinski definition) is 3. The molecule has 4 heteroatoms. The summed E-state index contributed by atoms with van der Waals surface area (Å²) < 4.78 is 5.56. The SMILES string of the molecule is CCCCOC(=O)c1c(C)c(-c2ccc(Cl)cc2)nc2c(C)cc(C)cc12. The van der Waals surface area contributed by atoms with Gasteiger partial charge in [0.1, 0.15) is 0 Å². The minimum absolute atomic E-state index is 0.284. The molecule has 1 aromatic heterocycles. The number of carbonyl (C=O) groups is 1. The average molecular weight is 382 g/mol. The van der Waals surface area contributed by atoms with Crippen molar-refractivity contribution in [3.05, 3.63) is 63.7 Å². The second kappa shape index (κ2) is 8.10. The molecule has 0 saturated heterocycles. The number of rotatable bonds is 5. The van der Waals surface area contributed by atoms with Gasteiger partial charge in [-0.2, -0.15) is 0 Å². The molecule has 0 amide bonds. The Labute approximate surface area is 165 Å². The van der Waals surface area contributed by atoms with E-state index in [-0.39, 0.29) is 5.97 Å². The van der Waals surface area contributed by atoms with E-state index >= 15 is 0 Å². The third kappa shape index (κ3) is 3.98. The van der Waals surface area contributed by atoms with Crippen molar-refractivity contribution in [2.75, 3.05) is 6.61 Å². The molecular weight excluding hydrogens is 358 g/mol. The van der Waals surface area contributed by atoms with Crippen LogP contribution in [-0.2, 0) is 4.74 Å². The molecule has 2 aromatic carbocycles. The summed E-state index contributed by atoms with van der Waals surface area (Å²) in [7, 11) is 0. The minimum atomic E-state index is -0.284. The second-order valence-electron chi connectivity index (χ2n) is 6.93. The Morgan fingerprint density at radius 2 is 1.81 bits per heavy atom. The van der Waals surface area contributed by atoms with E-state index in [1.165, 1.54) is 0 Å². The van der Waals surface area contributed by atoms with Crippen molar-refractivity contribution in [1.82, 2.24) is 4.98 Å². The summed E-state index contributed by atoms with van der Waals surface area (Å²) in [5.74, 6) is -0.284. The first-order valence-electron chi connectivity index (χ1n) is 9.27. The Bertz CT molecular complexity index is 994. The molecular formula is C23H24ClNO2. The quantitative estimate of drug-likeness (QED) is 0.377. The van der Waals surface area contributed by atoms with Crippen LogP contribution in [0.2, 0.25) is 5.02 Å². The van der Waals surface area contributed by atoms with Crippen molar-refractivity contribution in [1.29, 1.82) is 0 Å². The van der Waals surface area contributed by atoms with Crippen LogP contribution < -0.4 is 0 Å². The number of carbonyl (C=O) groups excluding carboxylic acids is 1. The summed E-state index contributed by atoms with van der Waals surface area (Å²) in [6, 6.07) is 11.6. The van der Waals surface area contributed by atoms with Gasteiger partial charge in [0.15, 0.2) is 0 Å². The summed E-state index contributed by atoms with van der Waals surface area (Å²) in [5, 5.41) is 1.52. The number of pyridine rings is 1. The highest BCUT2D eigenvalue weighted by atomic mass is 35.5. The van der Waals surface area contributed by atoms with Crippen molar-refractivity contribution in [2.24, 2.45) is 0 Å². The fraction of sp³-hybridized carbons (Fsp3) is 0.304. The molecule has 0 unspecified atom stereocenters. The molecule has 0 N–H and O–H groups in total. The maximum absolute atomic E-state index is 12.9. The Balaban J connectivity index is 2.25. The third-order valence-electron chi connectivity index (χ3n) is 4.72. The molecule has 0 aliphatic heterocycles. The number of benzene rings is 2. The number of halogens is 1. The molecule has 0 saturated carbocycles. The molecule has 1 heterocycles. The number of unbranched alkanes of at least 4 members (excludes halogenated alkanes) is 1. The maximum atomic E-state index is 12.9. The van der Waals surface area contributed by atoms with Crippen LogP contribution in [0.15, 0.2) is 36.4 Å². The molecule has 3 rings (SSSR count). The smallest absolute Gasteiger partial charge is 0.339 e. The molecule has 3 nitrogen and oxygen atoms in total. The maximum Gasteiger partial charge on any atom is 0.339 e. The Morgan fingerprint density at radius 1 is 1.11 bits per heavy atom. The van der Waals surface area contributed by atoms with Crippen molar-refractivity contribution in [2.45, 2.75) is 40.5 Å². The average Bonchev–Trinajstić information content (AvgIpc) is 2.62. The van der Waals surface area contributed by atoms with E-state index in [1.54, 1.807) is 0 Å². The zero-order valence-electron chi connectivity index (χ0n) is 16.2. The van der Waals surface area contributed by atoms with Gasteiger partial charge in [-0.3, -0.25) is 0 Å². The first kappa shape index (κ1) is 19.4. The number of nitrogens with zero attached hydrogens (tertiary/aromatic N) is 1. The van der Waals surface area contributed by atoms with E-state index < -0.39 is 0 Å². The lowest BCUT2D eigenvalue weighted by Gasteiger charge is -2.16. The second-order valence-corrected chi connectivity index (χ2v) is 7.37. The first-order chi connectivity index (χ1) is 12.9. The van der Waals surface area contributed by atoms with E-state index in [0.29, 0.717) is 17.2 Å². The van der Waals surface area contributed by atoms with Crippen LogP contribution in [0.5, 0.6) is 0 Å². The van der Waals surface area contributed by atoms with Crippen molar-refractivity contribution < 1.29 is 9.53 Å². The Hall–Kier alpha value is -2.39. The summed E-state index contributed by atoms with van der Waals surface area (Å²) in [4.78, 5) is 17.8. The van der Waals surface area contributed by atoms with Gasteiger partial charge >= 0.3 is 5.97 Å². The van der Waals surface area contributed by atoms with Gasteiger partial charge in [0.2, 0.25) is 0 Å². The number of fused-ring (bicyclic) bond motifs is 1. The molecule has 0 bridgehead atoms. The fourth-order valence-corrected chi connectivity index (χ4v) is 3.47. The van der Waals surface area contributed by atoms with Gasteiger partial charge in [-0.25, -0.2) is 9.78 Å². The number of aryl methyl sites for hydroxylation is 2. The first-order valence-corrected chi connectivity index (χ1v) is 9.64. The highest BCUT2D eigenvalue weighted by molar-refractivity contribution is 6.30. The molecule has 0 aliphatic carbocycles. The summed E-state index contributed by atoms with van der Waals surface area (Å²) in [5.41, 5.74) is 6.13. The van der Waals surface area contributed by atoms with Gasteiger partial charge in [0.25, 0.3) is 0 Å². The zero-order valence-corrected chi connectivity index (χ0v) is 17.0. The third-order valence-corrected chi connectivity index (χ3v) is 4.97. The van der Waals surface area contributed by atoms with Gasteiger partial charge in [0, 0.05) is 16.0 Å². The zero-order chi connectivity index (χ0) is 19.6. The van der Waals surface area contributed by atoms with Crippen LogP contribution in [0.3, 0.4) is 0 Å². The standard InChI is InChI=1S/C23H24ClNO2/c1-5-6-11-27-23(26)20-16(4)22(17-7-9-18(24)10-8-17)25-21-15(3)12-14(2)13-19(20)21/h7-10,12-13H,5-6,11H2,1-4H3. The monoisotopic (exact) mass is 381 g/mol. The summed E-state index contributed by atoms with van der Waals surface area (Å²) in [6.07, 6.45) is 1.84. The van der Waals surface area contributed by atoms with Gasteiger partial charge in [0.05, 0.1) is 23.4 Å². The Morgan fingerprint density at radius 3 is 2.48 bits per heavy atom. The lowest BCUT2D eigenvalue weighted by Crippen LogP contribution is -2.11. The molecule has 0 aliphatic rings. The number of hydrogen-bond donors (Lipinski definition) is 0. The van der Waals surface area contributed by atoms with Crippen LogP contribution in [0.25, 0.3) is 22.2 Å². The lowest BCUT2D eigenvalue weighted by atomic mass is 9.95. The Kier molecular flexibility index (Phi) is 5.81. The van der Waals surface area contributed by atoms with Gasteiger partial charge in [-0.1, -0.05) is 48.7 Å². The molecule has 0 fully saturated rings. The molecule has 0 atom stereocenters. The molecule has 0 spiro atoms. The molecule has 140 valence electrons. The molecule has 0 radical (unpaired) electrons. The summed E-state index contributed by atoms with van der Waals surface area (Å²) in [6.45, 7) is 8.49. The predicted octanol–water partition coefficient (Wildman–Crippen LogP) is 6.44. The molecule has 27 heavy (non-hydrogen) atoms. The predicted molar refractivity (Wildman–Crippen MR) is 112 cm³/mol. The highest BCUT2D eigenvalue weighted by Gasteiger charge is 2.21. The van der Waals surface area contributed by atoms with Crippen molar-refractivity contribution >= 4 is 28.5 Å². The van der Waals surface area contributed by atoms with Crippen LogP contribution in [-0.4, -0.2) is 17.6 Å².